The minimum absolute atomic E-state index is 0.0576. The Hall–Kier alpha value is -0.370. The van der Waals surface area contributed by atoms with Gasteiger partial charge in [0.25, 0.3) is 0 Å². The highest BCUT2D eigenvalue weighted by Gasteiger charge is 2.54. The van der Waals surface area contributed by atoms with E-state index in [1.165, 1.54) is 19.3 Å². The van der Waals surface area contributed by atoms with Crippen molar-refractivity contribution in [3.05, 3.63) is 35.6 Å². The summed E-state index contributed by atoms with van der Waals surface area (Å²) in [5.74, 6) is 2.64. The zero-order chi connectivity index (χ0) is 11.1. The summed E-state index contributed by atoms with van der Waals surface area (Å²) >= 11 is 3.76. The highest BCUT2D eigenvalue weighted by molar-refractivity contribution is 9.09. The van der Waals surface area contributed by atoms with Crippen molar-refractivity contribution >= 4 is 15.9 Å². The van der Waals surface area contributed by atoms with E-state index in [1.807, 2.05) is 12.1 Å². The second-order valence-corrected chi connectivity index (χ2v) is 6.32. The fourth-order valence-electron chi connectivity index (χ4n) is 3.42. The molecule has 0 saturated heterocycles. The van der Waals surface area contributed by atoms with Crippen molar-refractivity contribution in [1.82, 2.24) is 0 Å². The average Bonchev–Trinajstić information content (AvgIpc) is 2.76. The number of hydrogen-bond donors (Lipinski definition) is 0. The number of rotatable bonds is 3. The van der Waals surface area contributed by atoms with Crippen LogP contribution in [0.2, 0.25) is 0 Å². The van der Waals surface area contributed by atoms with Crippen LogP contribution in [0.15, 0.2) is 24.3 Å². The van der Waals surface area contributed by atoms with Gasteiger partial charge in [0.2, 0.25) is 0 Å². The summed E-state index contributed by atoms with van der Waals surface area (Å²) in [5, 5.41) is 0. The summed E-state index contributed by atoms with van der Waals surface area (Å²) in [7, 11) is 0. The van der Waals surface area contributed by atoms with E-state index in [9.17, 15) is 4.39 Å². The largest absolute Gasteiger partial charge is 0.207 e. The Morgan fingerprint density at radius 3 is 2.62 bits per heavy atom. The van der Waals surface area contributed by atoms with Gasteiger partial charge < -0.3 is 0 Å². The smallest absolute Gasteiger partial charge is 0.126 e. The van der Waals surface area contributed by atoms with Gasteiger partial charge in [-0.25, -0.2) is 4.39 Å². The molecule has 0 aromatic heterocycles. The molecule has 0 nitrogen and oxygen atoms in total. The van der Waals surface area contributed by atoms with Crippen LogP contribution in [0.4, 0.5) is 4.39 Å². The maximum absolute atomic E-state index is 13.5. The molecule has 0 bridgehead atoms. The molecular weight excluding hydrogens is 267 g/mol. The summed E-state index contributed by atoms with van der Waals surface area (Å²) < 4.78 is 13.5. The molecule has 1 aromatic rings. The zero-order valence-electron chi connectivity index (χ0n) is 9.20. The molecule has 2 heteroatoms. The summed E-state index contributed by atoms with van der Waals surface area (Å²) in [6, 6.07) is 7.14. The summed E-state index contributed by atoms with van der Waals surface area (Å²) in [4.78, 5) is 0.472. The molecule has 3 rings (SSSR count). The van der Waals surface area contributed by atoms with Crippen molar-refractivity contribution in [2.75, 3.05) is 0 Å². The van der Waals surface area contributed by atoms with E-state index in [4.69, 9.17) is 0 Å². The van der Waals surface area contributed by atoms with Crippen LogP contribution in [0.1, 0.15) is 24.8 Å². The predicted molar refractivity (Wildman–Crippen MR) is 67.1 cm³/mol. The van der Waals surface area contributed by atoms with Gasteiger partial charge in [-0.05, 0) is 48.6 Å². The van der Waals surface area contributed by atoms with Gasteiger partial charge in [-0.3, -0.25) is 0 Å². The molecule has 0 radical (unpaired) electrons. The second-order valence-electron chi connectivity index (χ2n) is 5.15. The molecule has 86 valence electrons. The predicted octanol–water partition coefficient (Wildman–Crippen LogP) is 4.18. The number of halogens is 2. The number of benzene rings is 1. The SMILES string of the molecule is Fc1ccccc1CC(Br)C1C2CCCC21. The first-order valence-corrected chi connectivity index (χ1v) is 7.06. The van der Waals surface area contributed by atoms with Crippen molar-refractivity contribution in [2.24, 2.45) is 17.8 Å². The third kappa shape index (κ3) is 1.81. The van der Waals surface area contributed by atoms with Crippen molar-refractivity contribution in [1.29, 1.82) is 0 Å². The van der Waals surface area contributed by atoms with E-state index in [0.717, 1.165) is 29.7 Å². The molecular formula is C14H16BrF. The number of alkyl halides is 1. The van der Waals surface area contributed by atoms with Crippen LogP contribution in [-0.4, -0.2) is 4.83 Å². The maximum atomic E-state index is 13.5. The molecule has 2 fully saturated rings. The molecule has 2 aliphatic carbocycles. The maximum Gasteiger partial charge on any atom is 0.126 e. The quantitative estimate of drug-likeness (QED) is 0.730. The first-order valence-electron chi connectivity index (χ1n) is 6.15. The third-order valence-electron chi connectivity index (χ3n) is 4.26. The molecule has 0 heterocycles. The van der Waals surface area contributed by atoms with E-state index < -0.39 is 0 Å². The molecule has 1 aromatic carbocycles. The van der Waals surface area contributed by atoms with Crippen molar-refractivity contribution in [2.45, 2.75) is 30.5 Å². The van der Waals surface area contributed by atoms with Gasteiger partial charge in [0.1, 0.15) is 5.82 Å². The van der Waals surface area contributed by atoms with Gasteiger partial charge in [0.15, 0.2) is 0 Å². The molecule has 2 saturated carbocycles. The fraction of sp³-hybridized carbons (Fsp3) is 0.571. The normalized spacial score (nSPS) is 33.5. The highest BCUT2D eigenvalue weighted by Crippen LogP contribution is 2.60. The second kappa shape index (κ2) is 4.14. The standard InChI is InChI=1S/C14H16BrF/c15-12(14-10-5-3-6-11(10)14)8-9-4-1-2-7-13(9)16/h1-2,4,7,10-12,14H,3,5-6,8H2. The van der Waals surface area contributed by atoms with Gasteiger partial charge in [-0.1, -0.05) is 40.5 Å². The van der Waals surface area contributed by atoms with Gasteiger partial charge >= 0.3 is 0 Å². The number of fused-ring (bicyclic) bond motifs is 1. The van der Waals surface area contributed by atoms with Gasteiger partial charge in [0, 0.05) is 4.83 Å². The summed E-state index contributed by atoms with van der Waals surface area (Å²) in [6.45, 7) is 0. The lowest BCUT2D eigenvalue weighted by Crippen LogP contribution is -2.10. The zero-order valence-corrected chi connectivity index (χ0v) is 10.8. The monoisotopic (exact) mass is 282 g/mol. The van der Waals surface area contributed by atoms with Crippen molar-refractivity contribution < 1.29 is 4.39 Å². The van der Waals surface area contributed by atoms with Crippen LogP contribution in [0.5, 0.6) is 0 Å². The lowest BCUT2D eigenvalue weighted by atomic mass is 10.0. The Labute approximate surface area is 104 Å². The van der Waals surface area contributed by atoms with E-state index in [2.05, 4.69) is 15.9 Å². The van der Waals surface area contributed by atoms with E-state index in [-0.39, 0.29) is 5.82 Å². The summed E-state index contributed by atoms with van der Waals surface area (Å²) in [5.41, 5.74) is 0.856. The molecule has 16 heavy (non-hydrogen) atoms. The van der Waals surface area contributed by atoms with Crippen LogP contribution in [0.25, 0.3) is 0 Å². The number of hydrogen-bond acceptors (Lipinski definition) is 0. The summed E-state index contributed by atoms with van der Waals surface area (Å²) in [6.07, 6.45) is 5.04. The van der Waals surface area contributed by atoms with Crippen LogP contribution in [-0.2, 0) is 6.42 Å². The molecule has 3 atom stereocenters. The minimum atomic E-state index is -0.0576. The lowest BCUT2D eigenvalue weighted by Gasteiger charge is -2.12. The third-order valence-corrected chi connectivity index (χ3v) is 5.20. The van der Waals surface area contributed by atoms with E-state index in [1.54, 1.807) is 12.1 Å². The molecule has 0 spiro atoms. The van der Waals surface area contributed by atoms with E-state index >= 15 is 0 Å². The Morgan fingerprint density at radius 1 is 1.25 bits per heavy atom. The topological polar surface area (TPSA) is 0 Å². The molecule has 0 aliphatic heterocycles. The van der Waals surface area contributed by atoms with Crippen molar-refractivity contribution in [3.63, 3.8) is 0 Å². The first kappa shape index (κ1) is 10.8. The highest BCUT2D eigenvalue weighted by atomic mass is 79.9. The molecule has 2 aliphatic rings. The Balaban J connectivity index is 1.65. The molecule has 0 N–H and O–H groups in total. The van der Waals surface area contributed by atoms with Crippen LogP contribution < -0.4 is 0 Å². The van der Waals surface area contributed by atoms with Gasteiger partial charge in [0.05, 0.1) is 0 Å². The average molecular weight is 283 g/mol. The first-order chi connectivity index (χ1) is 7.77. The van der Waals surface area contributed by atoms with Crippen LogP contribution in [0.3, 0.4) is 0 Å². The Morgan fingerprint density at radius 2 is 1.94 bits per heavy atom. The Bertz CT molecular complexity index is 380. The van der Waals surface area contributed by atoms with Crippen LogP contribution >= 0.6 is 15.9 Å². The van der Waals surface area contributed by atoms with E-state index in [0.29, 0.717) is 4.83 Å². The minimum Gasteiger partial charge on any atom is -0.207 e. The molecule has 3 unspecified atom stereocenters. The fourth-order valence-corrected chi connectivity index (χ4v) is 4.56. The molecule has 0 amide bonds. The van der Waals surface area contributed by atoms with Gasteiger partial charge in [-0.2, -0.15) is 0 Å². The van der Waals surface area contributed by atoms with Crippen LogP contribution in [0, 0.1) is 23.6 Å². The van der Waals surface area contributed by atoms with Crippen molar-refractivity contribution in [3.8, 4) is 0 Å². The Kier molecular flexibility index (Phi) is 2.78. The lowest BCUT2D eigenvalue weighted by molar-refractivity contribution is 0.554. The van der Waals surface area contributed by atoms with Gasteiger partial charge in [-0.15, -0.1) is 0 Å².